The van der Waals surface area contributed by atoms with Crippen molar-refractivity contribution < 1.29 is 24.5 Å². The highest BCUT2D eigenvalue weighted by Gasteiger charge is 2.60. The molecule has 2 fully saturated rings. The minimum absolute atomic E-state index is 0.152. The summed E-state index contributed by atoms with van der Waals surface area (Å²) in [7, 11) is 0. The van der Waals surface area contributed by atoms with Crippen molar-refractivity contribution in [3.63, 3.8) is 0 Å². The molecular weight excluding hydrogens is 320 g/mol. The number of allylic oxidation sites excluding steroid dienone is 1. The van der Waals surface area contributed by atoms with Crippen LogP contribution in [0.1, 0.15) is 47.0 Å². The van der Waals surface area contributed by atoms with Gasteiger partial charge < -0.3 is 19.7 Å². The normalized spacial score (nSPS) is 48.3. The highest BCUT2D eigenvalue weighted by molar-refractivity contribution is 5.90. The summed E-state index contributed by atoms with van der Waals surface area (Å²) in [6.45, 7) is 8.22. The zero-order chi connectivity index (χ0) is 18.1. The van der Waals surface area contributed by atoms with Gasteiger partial charge in [-0.15, -0.1) is 0 Å². The number of carbonyl (C=O) groups is 1. The summed E-state index contributed by atoms with van der Waals surface area (Å²) in [6.07, 6.45) is 3.58. The first-order valence-corrected chi connectivity index (χ1v) is 9.27. The van der Waals surface area contributed by atoms with E-state index in [-0.39, 0.29) is 17.5 Å². The predicted molar refractivity (Wildman–Crippen MR) is 91.6 cm³/mol. The number of ether oxygens (including phenoxy) is 2. The van der Waals surface area contributed by atoms with Crippen molar-refractivity contribution in [1.82, 2.24) is 0 Å². The molecule has 7 unspecified atom stereocenters. The van der Waals surface area contributed by atoms with Gasteiger partial charge in [-0.1, -0.05) is 19.9 Å². The highest BCUT2D eigenvalue weighted by Crippen LogP contribution is 2.62. The van der Waals surface area contributed by atoms with Crippen LogP contribution in [0.15, 0.2) is 23.3 Å². The molecule has 4 rings (SSSR count). The number of fused-ring (bicyclic) bond motifs is 3. The van der Waals surface area contributed by atoms with Crippen molar-refractivity contribution in [3.8, 4) is 0 Å². The van der Waals surface area contributed by atoms with E-state index in [9.17, 15) is 15.0 Å². The van der Waals surface area contributed by atoms with Gasteiger partial charge in [0.25, 0.3) is 0 Å². The third-order valence-electron chi connectivity index (χ3n) is 6.86. The molecule has 2 heterocycles. The molecule has 5 nitrogen and oxygen atoms in total. The summed E-state index contributed by atoms with van der Waals surface area (Å²) in [5.74, 6) is 0.616. The van der Waals surface area contributed by atoms with Crippen molar-refractivity contribution in [1.29, 1.82) is 0 Å². The lowest BCUT2D eigenvalue weighted by Gasteiger charge is -2.19. The summed E-state index contributed by atoms with van der Waals surface area (Å²) < 4.78 is 11.2. The zero-order valence-electron chi connectivity index (χ0n) is 15.4. The van der Waals surface area contributed by atoms with E-state index < -0.39 is 23.9 Å². The van der Waals surface area contributed by atoms with Gasteiger partial charge in [-0.25, -0.2) is 4.79 Å². The number of aliphatic hydroxyl groups excluding tert-OH is 2. The minimum atomic E-state index is -0.968. The molecule has 5 heteroatoms. The van der Waals surface area contributed by atoms with E-state index in [1.165, 1.54) is 0 Å². The second kappa shape index (κ2) is 5.41. The van der Waals surface area contributed by atoms with Crippen molar-refractivity contribution in [2.75, 3.05) is 0 Å². The van der Waals surface area contributed by atoms with Gasteiger partial charge >= 0.3 is 5.97 Å². The first-order valence-electron chi connectivity index (χ1n) is 9.27. The molecule has 2 N–H and O–H groups in total. The monoisotopic (exact) mass is 348 g/mol. The zero-order valence-corrected chi connectivity index (χ0v) is 15.4. The van der Waals surface area contributed by atoms with Crippen LogP contribution in [0.2, 0.25) is 0 Å². The van der Waals surface area contributed by atoms with E-state index in [4.69, 9.17) is 9.47 Å². The lowest BCUT2D eigenvalue weighted by molar-refractivity contribution is -0.140. The van der Waals surface area contributed by atoms with Crippen LogP contribution in [0.25, 0.3) is 0 Å². The van der Waals surface area contributed by atoms with E-state index in [2.05, 4.69) is 19.9 Å². The fourth-order valence-corrected chi connectivity index (χ4v) is 4.87. The summed E-state index contributed by atoms with van der Waals surface area (Å²) >= 11 is 0. The van der Waals surface area contributed by atoms with Crippen molar-refractivity contribution >= 4 is 5.97 Å². The Morgan fingerprint density at radius 1 is 1.20 bits per heavy atom. The predicted octanol–water partition coefficient (Wildman–Crippen LogP) is 2.12. The molecule has 2 bridgehead atoms. The van der Waals surface area contributed by atoms with Crippen LogP contribution in [0.3, 0.4) is 0 Å². The smallest absolute Gasteiger partial charge is 0.334 e. The van der Waals surface area contributed by atoms with Crippen LogP contribution >= 0.6 is 0 Å². The Hall–Kier alpha value is -1.17. The minimum Gasteiger partial charge on any atom is -0.455 e. The SMILES string of the molecule is CC1=CC2C(CCC3=CC(CC4(C)OC4C(O)C1O)OC3=O)C2(C)C. The average Bonchev–Trinajstić information content (AvgIpc) is 3.27. The van der Waals surface area contributed by atoms with Crippen LogP contribution in [0.5, 0.6) is 0 Å². The number of esters is 1. The molecule has 7 atom stereocenters. The molecule has 0 aromatic rings. The maximum atomic E-state index is 12.1. The number of aliphatic hydroxyl groups is 2. The number of carbonyl (C=O) groups excluding carboxylic acids is 1. The molecule has 0 amide bonds. The molecule has 4 aliphatic rings. The molecule has 1 saturated carbocycles. The summed E-state index contributed by atoms with van der Waals surface area (Å²) in [5.41, 5.74) is 1.16. The van der Waals surface area contributed by atoms with Crippen molar-refractivity contribution in [2.24, 2.45) is 17.3 Å². The van der Waals surface area contributed by atoms with E-state index in [0.717, 1.165) is 24.0 Å². The highest BCUT2D eigenvalue weighted by atomic mass is 16.6. The van der Waals surface area contributed by atoms with E-state index >= 15 is 0 Å². The molecule has 0 spiro atoms. The molecule has 2 aliphatic heterocycles. The third-order valence-corrected chi connectivity index (χ3v) is 6.86. The van der Waals surface area contributed by atoms with Crippen molar-refractivity contribution in [3.05, 3.63) is 23.3 Å². The maximum Gasteiger partial charge on any atom is 0.334 e. The Labute approximate surface area is 148 Å². The van der Waals surface area contributed by atoms with E-state index in [1.54, 1.807) is 0 Å². The first kappa shape index (κ1) is 17.3. The molecule has 2 aliphatic carbocycles. The maximum absolute atomic E-state index is 12.1. The average molecular weight is 348 g/mol. The largest absolute Gasteiger partial charge is 0.455 e. The molecule has 138 valence electrons. The molecule has 0 radical (unpaired) electrons. The lowest BCUT2D eigenvalue weighted by atomic mass is 9.91. The van der Waals surface area contributed by atoms with Gasteiger partial charge in [-0.05, 0) is 55.6 Å². The molecule has 0 aromatic heterocycles. The quantitative estimate of drug-likeness (QED) is 0.398. The standard InChI is InChI=1S/C20H28O5/c1-10-7-14-13(19(14,2)3)6-5-11-8-12(24-18(11)23)9-20(4)17(25-20)16(22)15(10)21/h7-8,12-17,21-22H,5-6,9H2,1-4H3. The van der Waals surface area contributed by atoms with Gasteiger partial charge in [-0.3, -0.25) is 0 Å². The van der Waals surface area contributed by atoms with Gasteiger partial charge in [0.1, 0.15) is 24.4 Å². The van der Waals surface area contributed by atoms with E-state index in [1.807, 2.05) is 19.9 Å². The summed E-state index contributed by atoms with van der Waals surface area (Å²) in [5, 5.41) is 21.1. The second-order valence-corrected chi connectivity index (χ2v) is 9.03. The lowest BCUT2D eigenvalue weighted by Crippen LogP contribution is -2.36. The summed E-state index contributed by atoms with van der Waals surface area (Å²) in [6, 6.07) is 0. The fourth-order valence-electron chi connectivity index (χ4n) is 4.87. The van der Waals surface area contributed by atoms with Crippen LogP contribution < -0.4 is 0 Å². The Kier molecular flexibility index (Phi) is 3.74. The molecular formula is C20H28O5. The second-order valence-electron chi connectivity index (χ2n) is 9.03. The number of epoxide rings is 1. The van der Waals surface area contributed by atoms with Crippen molar-refractivity contribution in [2.45, 2.75) is 77.0 Å². The Bertz CT molecular complexity index is 663. The Morgan fingerprint density at radius 3 is 2.64 bits per heavy atom. The van der Waals surface area contributed by atoms with Gasteiger partial charge in [0.05, 0.1) is 5.60 Å². The first-order chi connectivity index (χ1) is 11.6. The molecule has 0 aromatic carbocycles. The molecule has 1 saturated heterocycles. The van der Waals surface area contributed by atoms with Crippen LogP contribution in [-0.4, -0.2) is 46.2 Å². The Balaban J connectivity index is 1.62. The van der Waals surface area contributed by atoms with Crippen LogP contribution in [0.4, 0.5) is 0 Å². The van der Waals surface area contributed by atoms with E-state index in [0.29, 0.717) is 18.3 Å². The van der Waals surface area contributed by atoms with Gasteiger partial charge in [-0.2, -0.15) is 0 Å². The molecule has 25 heavy (non-hydrogen) atoms. The number of hydrogen-bond donors (Lipinski definition) is 2. The number of rotatable bonds is 0. The fraction of sp³-hybridized carbons (Fsp3) is 0.750. The topological polar surface area (TPSA) is 79.3 Å². The Morgan fingerprint density at radius 2 is 1.92 bits per heavy atom. The van der Waals surface area contributed by atoms with Gasteiger partial charge in [0, 0.05) is 12.0 Å². The van der Waals surface area contributed by atoms with Gasteiger partial charge in [0.15, 0.2) is 0 Å². The third kappa shape index (κ3) is 2.77. The van der Waals surface area contributed by atoms with Gasteiger partial charge in [0.2, 0.25) is 0 Å². The number of hydrogen-bond acceptors (Lipinski definition) is 5. The van der Waals surface area contributed by atoms with Crippen LogP contribution in [0, 0.1) is 17.3 Å². The summed E-state index contributed by atoms with van der Waals surface area (Å²) in [4.78, 5) is 12.1. The van der Waals surface area contributed by atoms with Crippen LogP contribution in [-0.2, 0) is 14.3 Å².